The maximum atomic E-state index is 11.9. The van der Waals surface area contributed by atoms with Crippen LogP contribution in [0.5, 0.6) is 0 Å². The van der Waals surface area contributed by atoms with Gasteiger partial charge < -0.3 is 9.47 Å². The van der Waals surface area contributed by atoms with E-state index in [0.717, 1.165) is 25.7 Å². The van der Waals surface area contributed by atoms with Gasteiger partial charge in [0.05, 0.1) is 24.3 Å². The van der Waals surface area contributed by atoms with Gasteiger partial charge in [-0.15, -0.1) is 0 Å². The molecule has 0 N–H and O–H groups in total. The van der Waals surface area contributed by atoms with E-state index in [9.17, 15) is 9.59 Å². The Hall–Kier alpha value is -1.32. The summed E-state index contributed by atoms with van der Waals surface area (Å²) in [5, 5.41) is 0. The molecule has 0 atom stereocenters. The van der Waals surface area contributed by atoms with Gasteiger partial charge in [0.1, 0.15) is 0 Å². The molecule has 0 heterocycles. The van der Waals surface area contributed by atoms with Crippen LogP contribution in [0.3, 0.4) is 0 Å². The molecule has 0 spiro atoms. The molecule has 0 saturated carbocycles. The summed E-state index contributed by atoms with van der Waals surface area (Å²) >= 11 is 0. The Balaban J connectivity index is 0.00000400. The molecule has 0 aromatic heterocycles. The summed E-state index contributed by atoms with van der Waals surface area (Å²) in [5.74, 6) is -0.942. The molecule has 4 nitrogen and oxygen atoms in total. The fourth-order valence-electron chi connectivity index (χ4n) is 1.61. The largest absolute Gasteiger partial charge is 1.00 e. The van der Waals surface area contributed by atoms with Crippen LogP contribution >= 0.6 is 0 Å². The summed E-state index contributed by atoms with van der Waals surface area (Å²) in [5.41, 5.74) is 0.537. The smallest absolute Gasteiger partial charge is 0.462 e. The quantitative estimate of drug-likeness (QED) is 0.412. The van der Waals surface area contributed by atoms with Crippen LogP contribution in [0.25, 0.3) is 0 Å². The monoisotopic (exact) mass is 341 g/mol. The van der Waals surface area contributed by atoms with Crippen LogP contribution in [-0.2, 0) is 26.5 Å². The first-order valence-corrected chi connectivity index (χ1v) is 7.14. The summed E-state index contributed by atoms with van der Waals surface area (Å²) in [6.07, 6.45) is 3.53. The van der Waals surface area contributed by atoms with Crippen LogP contribution in [0.15, 0.2) is 24.3 Å². The molecule has 0 aliphatic carbocycles. The Bertz CT molecular complexity index is 405. The Morgan fingerprint density at radius 1 is 0.857 bits per heavy atom. The molecule has 0 radical (unpaired) electrons. The molecule has 1 rings (SSSR count). The number of carbonyl (C=O) groups is 2. The fraction of sp³-hybridized carbons (Fsp3) is 0.500. The van der Waals surface area contributed by atoms with E-state index in [1.165, 1.54) is 0 Å². The summed E-state index contributed by atoms with van der Waals surface area (Å²) in [7, 11) is 0. The first-order chi connectivity index (χ1) is 9.70. The average molecular weight is 342 g/mol. The SMILES string of the molecule is CCCCOC(=O)c1ccccc1C(=O)OCCCC.[Cu+]. The maximum absolute atomic E-state index is 11.9. The predicted octanol–water partition coefficient (Wildman–Crippen LogP) is 3.60. The summed E-state index contributed by atoms with van der Waals surface area (Å²) < 4.78 is 10.3. The van der Waals surface area contributed by atoms with Gasteiger partial charge in [-0.05, 0) is 25.0 Å². The van der Waals surface area contributed by atoms with Crippen molar-refractivity contribution in [3.8, 4) is 0 Å². The molecule has 0 aliphatic rings. The predicted molar refractivity (Wildman–Crippen MR) is 76.8 cm³/mol. The van der Waals surface area contributed by atoms with E-state index in [2.05, 4.69) is 0 Å². The van der Waals surface area contributed by atoms with Crippen molar-refractivity contribution >= 4 is 11.9 Å². The van der Waals surface area contributed by atoms with Crippen LogP contribution in [0.1, 0.15) is 60.2 Å². The molecule has 0 aliphatic heterocycles. The van der Waals surface area contributed by atoms with E-state index in [1.807, 2.05) is 13.8 Å². The number of carbonyl (C=O) groups excluding carboxylic acids is 2. The Morgan fingerprint density at radius 2 is 1.24 bits per heavy atom. The maximum Gasteiger partial charge on any atom is 1.00 e. The normalized spacial score (nSPS) is 9.62. The van der Waals surface area contributed by atoms with Crippen molar-refractivity contribution in [1.82, 2.24) is 0 Å². The third kappa shape index (κ3) is 6.78. The van der Waals surface area contributed by atoms with Gasteiger partial charge in [-0.25, -0.2) is 9.59 Å². The summed E-state index contributed by atoms with van der Waals surface area (Å²) in [4.78, 5) is 23.9. The first-order valence-electron chi connectivity index (χ1n) is 7.14. The molecular weight excluding hydrogens is 320 g/mol. The Morgan fingerprint density at radius 3 is 1.57 bits per heavy atom. The van der Waals surface area contributed by atoms with E-state index in [-0.39, 0.29) is 28.2 Å². The third-order valence-corrected chi connectivity index (χ3v) is 2.83. The zero-order valence-corrected chi connectivity index (χ0v) is 13.4. The number of hydrogen-bond donors (Lipinski definition) is 0. The van der Waals surface area contributed by atoms with Gasteiger partial charge in [-0.3, -0.25) is 0 Å². The molecule has 0 bridgehead atoms. The zero-order chi connectivity index (χ0) is 14.8. The Labute approximate surface area is 136 Å². The van der Waals surface area contributed by atoms with Gasteiger partial charge in [0.25, 0.3) is 0 Å². The summed E-state index contributed by atoms with van der Waals surface area (Å²) in [6.45, 7) is 4.78. The van der Waals surface area contributed by atoms with Gasteiger partial charge in [0.15, 0.2) is 0 Å². The van der Waals surface area contributed by atoms with Crippen LogP contribution in [0.2, 0.25) is 0 Å². The van der Waals surface area contributed by atoms with Gasteiger partial charge in [0.2, 0.25) is 0 Å². The molecule has 0 fully saturated rings. The molecule has 1 aromatic rings. The molecule has 21 heavy (non-hydrogen) atoms. The summed E-state index contributed by atoms with van der Waals surface area (Å²) in [6, 6.07) is 6.59. The van der Waals surface area contributed by atoms with Crippen LogP contribution in [0, 0.1) is 0 Å². The molecule has 5 heteroatoms. The van der Waals surface area contributed by atoms with Gasteiger partial charge in [-0.2, -0.15) is 0 Å². The van der Waals surface area contributed by atoms with E-state index < -0.39 is 11.9 Å². The van der Waals surface area contributed by atoms with E-state index in [4.69, 9.17) is 9.47 Å². The number of benzene rings is 1. The Kier molecular flexibility index (Phi) is 10.6. The van der Waals surface area contributed by atoms with E-state index >= 15 is 0 Å². The minimum absolute atomic E-state index is 0. The van der Waals surface area contributed by atoms with E-state index in [1.54, 1.807) is 24.3 Å². The fourth-order valence-corrected chi connectivity index (χ4v) is 1.61. The van der Waals surface area contributed by atoms with Gasteiger partial charge in [-0.1, -0.05) is 38.8 Å². The molecule has 0 saturated heterocycles. The third-order valence-electron chi connectivity index (χ3n) is 2.83. The number of rotatable bonds is 8. The van der Waals surface area contributed by atoms with Crippen molar-refractivity contribution in [2.45, 2.75) is 39.5 Å². The zero-order valence-electron chi connectivity index (χ0n) is 12.5. The number of ether oxygens (including phenoxy) is 2. The average Bonchev–Trinajstić information content (AvgIpc) is 2.47. The van der Waals surface area contributed by atoms with Crippen LogP contribution in [0.4, 0.5) is 0 Å². The first kappa shape index (κ1) is 19.7. The second-order valence-electron chi connectivity index (χ2n) is 4.52. The standard InChI is InChI=1S/C16H22O4.Cu/c1-3-5-11-19-15(17)13-9-7-8-10-14(13)16(18)20-12-6-4-2;/h7-10H,3-6,11-12H2,1-2H3;/q;+1. The van der Waals surface area contributed by atoms with Gasteiger partial charge >= 0.3 is 29.0 Å². The molecule has 1 aromatic carbocycles. The van der Waals surface area contributed by atoms with Crippen LogP contribution < -0.4 is 0 Å². The minimum Gasteiger partial charge on any atom is -0.462 e. The van der Waals surface area contributed by atoms with Crippen molar-refractivity contribution in [3.05, 3.63) is 35.4 Å². The van der Waals surface area contributed by atoms with Crippen molar-refractivity contribution in [2.24, 2.45) is 0 Å². The topological polar surface area (TPSA) is 52.6 Å². The van der Waals surface area contributed by atoms with Crippen molar-refractivity contribution < 1.29 is 36.1 Å². The second-order valence-corrected chi connectivity index (χ2v) is 4.52. The van der Waals surface area contributed by atoms with Crippen molar-refractivity contribution in [3.63, 3.8) is 0 Å². The number of unbranched alkanes of at least 4 members (excludes halogenated alkanes) is 2. The van der Waals surface area contributed by atoms with Crippen molar-refractivity contribution in [1.29, 1.82) is 0 Å². The van der Waals surface area contributed by atoms with Crippen molar-refractivity contribution in [2.75, 3.05) is 13.2 Å². The molecule has 0 amide bonds. The molecule has 0 unspecified atom stereocenters. The minimum atomic E-state index is -0.471. The number of hydrogen-bond acceptors (Lipinski definition) is 4. The van der Waals surface area contributed by atoms with Crippen LogP contribution in [-0.4, -0.2) is 25.2 Å². The number of esters is 2. The molecule has 120 valence electrons. The van der Waals surface area contributed by atoms with Gasteiger partial charge in [0, 0.05) is 0 Å². The second kappa shape index (κ2) is 11.4. The van der Waals surface area contributed by atoms with E-state index in [0.29, 0.717) is 13.2 Å². The molecular formula is C16H22CuO4+.